The lowest BCUT2D eigenvalue weighted by Crippen LogP contribution is -2.10. The molecule has 0 radical (unpaired) electrons. The van der Waals surface area contributed by atoms with Gasteiger partial charge >= 0.3 is 0 Å². The summed E-state index contributed by atoms with van der Waals surface area (Å²) >= 11 is 0. The molecule has 2 aromatic rings. The predicted molar refractivity (Wildman–Crippen MR) is 72.3 cm³/mol. The van der Waals surface area contributed by atoms with Gasteiger partial charge in [0.1, 0.15) is 17.2 Å². The first kappa shape index (κ1) is 12.5. The Hall–Kier alpha value is -2.00. The van der Waals surface area contributed by atoms with Gasteiger partial charge in [-0.3, -0.25) is 0 Å². The van der Waals surface area contributed by atoms with Gasteiger partial charge in [-0.2, -0.15) is 0 Å². The molecular formula is C15H17NO2. The fraction of sp³-hybridized carbons (Fsp3) is 0.200. The second-order valence-electron chi connectivity index (χ2n) is 4.06. The molecule has 0 aliphatic rings. The molecule has 0 saturated heterocycles. The first-order valence-electron chi connectivity index (χ1n) is 5.99. The van der Waals surface area contributed by atoms with Gasteiger partial charge in [0.2, 0.25) is 0 Å². The fourth-order valence-electron chi connectivity index (χ4n) is 1.71. The van der Waals surface area contributed by atoms with Gasteiger partial charge in [0.15, 0.2) is 0 Å². The molecule has 0 aliphatic carbocycles. The third kappa shape index (κ3) is 3.25. The average Bonchev–Trinajstić information content (AvgIpc) is 2.40. The molecule has 0 bridgehead atoms. The minimum Gasteiger partial charge on any atom is -0.508 e. The van der Waals surface area contributed by atoms with Crippen molar-refractivity contribution in [2.45, 2.75) is 6.42 Å². The molecule has 3 nitrogen and oxygen atoms in total. The Balaban J connectivity index is 2.14. The Kier molecular flexibility index (Phi) is 4.20. The summed E-state index contributed by atoms with van der Waals surface area (Å²) in [5, 5.41) is 12.8. The normalized spacial score (nSPS) is 10.3. The number of aromatic hydroxyl groups is 1. The molecule has 0 amide bonds. The molecule has 94 valence electrons. The summed E-state index contributed by atoms with van der Waals surface area (Å²) < 4.78 is 5.72. The van der Waals surface area contributed by atoms with Crippen LogP contribution in [0.25, 0.3) is 0 Å². The summed E-state index contributed by atoms with van der Waals surface area (Å²) in [6.07, 6.45) is 0.772. The van der Waals surface area contributed by atoms with E-state index in [0.29, 0.717) is 5.75 Å². The summed E-state index contributed by atoms with van der Waals surface area (Å²) in [5.74, 6) is 1.85. The topological polar surface area (TPSA) is 41.5 Å². The SMILES string of the molecule is CNCCc1cc(Oc2ccccc2)ccc1O. The fourth-order valence-corrected chi connectivity index (χ4v) is 1.71. The number of phenols is 1. The number of nitrogens with one attached hydrogen (secondary N) is 1. The minimum absolute atomic E-state index is 0.311. The highest BCUT2D eigenvalue weighted by molar-refractivity contribution is 5.41. The van der Waals surface area contributed by atoms with E-state index in [1.54, 1.807) is 12.1 Å². The monoisotopic (exact) mass is 243 g/mol. The quantitative estimate of drug-likeness (QED) is 0.848. The molecule has 0 atom stereocenters. The molecule has 0 heterocycles. The smallest absolute Gasteiger partial charge is 0.127 e. The molecule has 2 N–H and O–H groups in total. The molecule has 18 heavy (non-hydrogen) atoms. The third-order valence-electron chi connectivity index (χ3n) is 2.67. The van der Waals surface area contributed by atoms with Crippen LogP contribution in [0, 0.1) is 0 Å². The van der Waals surface area contributed by atoms with E-state index in [4.69, 9.17) is 4.74 Å². The van der Waals surface area contributed by atoms with Crippen molar-refractivity contribution in [1.82, 2.24) is 5.32 Å². The van der Waals surface area contributed by atoms with Crippen molar-refractivity contribution in [2.75, 3.05) is 13.6 Å². The van der Waals surface area contributed by atoms with E-state index in [1.165, 1.54) is 0 Å². The van der Waals surface area contributed by atoms with Gasteiger partial charge in [-0.25, -0.2) is 0 Å². The van der Waals surface area contributed by atoms with Crippen LogP contribution in [-0.4, -0.2) is 18.7 Å². The van der Waals surface area contributed by atoms with Crippen molar-refractivity contribution in [3.05, 3.63) is 54.1 Å². The number of rotatable bonds is 5. The summed E-state index contributed by atoms with van der Waals surface area (Å²) in [6.45, 7) is 0.822. The van der Waals surface area contributed by atoms with E-state index in [1.807, 2.05) is 43.4 Å². The van der Waals surface area contributed by atoms with Crippen molar-refractivity contribution in [1.29, 1.82) is 0 Å². The van der Waals surface area contributed by atoms with Crippen molar-refractivity contribution in [3.63, 3.8) is 0 Å². The zero-order chi connectivity index (χ0) is 12.8. The van der Waals surface area contributed by atoms with E-state index in [0.717, 1.165) is 30.0 Å². The standard InChI is InChI=1S/C15H17NO2/c1-16-10-9-12-11-14(7-8-15(12)17)18-13-5-3-2-4-6-13/h2-8,11,16-17H,9-10H2,1H3. The molecule has 0 saturated carbocycles. The Morgan fingerprint density at radius 1 is 1.06 bits per heavy atom. The van der Waals surface area contributed by atoms with Crippen LogP contribution in [0.15, 0.2) is 48.5 Å². The molecule has 2 rings (SSSR count). The predicted octanol–water partition coefficient (Wildman–Crippen LogP) is 2.95. The number of hydrogen-bond donors (Lipinski definition) is 2. The van der Waals surface area contributed by atoms with Crippen molar-refractivity contribution in [2.24, 2.45) is 0 Å². The Labute approximate surface area is 107 Å². The maximum absolute atomic E-state index is 9.74. The molecular weight excluding hydrogens is 226 g/mol. The first-order valence-corrected chi connectivity index (χ1v) is 5.99. The van der Waals surface area contributed by atoms with Gasteiger partial charge in [-0.15, -0.1) is 0 Å². The lowest BCUT2D eigenvalue weighted by molar-refractivity contribution is 0.457. The molecule has 0 spiro atoms. The van der Waals surface area contributed by atoms with Gasteiger partial charge in [0.25, 0.3) is 0 Å². The number of phenolic OH excluding ortho intramolecular Hbond substituents is 1. The highest BCUT2D eigenvalue weighted by Gasteiger charge is 2.04. The Morgan fingerprint density at radius 3 is 2.56 bits per heavy atom. The molecule has 3 heteroatoms. The number of ether oxygens (including phenoxy) is 1. The maximum atomic E-state index is 9.74. The van der Waals surface area contributed by atoms with E-state index in [-0.39, 0.29) is 0 Å². The second-order valence-corrected chi connectivity index (χ2v) is 4.06. The van der Waals surface area contributed by atoms with Crippen LogP contribution in [0.3, 0.4) is 0 Å². The molecule has 0 fully saturated rings. The van der Waals surface area contributed by atoms with Gasteiger partial charge in [-0.05, 0) is 55.9 Å². The van der Waals surface area contributed by atoms with E-state index in [9.17, 15) is 5.11 Å². The van der Waals surface area contributed by atoms with Crippen molar-refractivity contribution >= 4 is 0 Å². The van der Waals surface area contributed by atoms with Crippen LogP contribution in [0.5, 0.6) is 17.2 Å². The van der Waals surface area contributed by atoms with Crippen LogP contribution in [-0.2, 0) is 6.42 Å². The number of para-hydroxylation sites is 1. The average molecular weight is 243 g/mol. The van der Waals surface area contributed by atoms with Crippen LogP contribution >= 0.6 is 0 Å². The lowest BCUT2D eigenvalue weighted by atomic mass is 10.1. The zero-order valence-corrected chi connectivity index (χ0v) is 10.4. The summed E-state index contributed by atoms with van der Waals surface area (Å²) in [5.41, 5.74) is 0.887. The van der Waals surface area contributed by atoms with E-state index >= 15 is 0 Å². The summed E-state index contributed by atoms with van der Waals surface area (Å²) in [4.78, 5) is 0. The highest BCUT2D eigenvalue weighted by Crippen LogP contribution is 2.27. The molecule has 0 unspecified atom stereocenters. The Morgan fingerprint density at radius 2 is 1.83 bits per heavy atom. The van der Waals surface area contributed by atoms with Crippen molar-refractivity contribution in [3.8, 4) is 17.2 Å². The minimum atomic E-state index is 0.311. The maximum Gasteiger partial charge on any atom is 0.127 e. The van der Waals surface area contributed by atoms with E-state index < -0.39 is 0 Å². The largest absolute Gasteiger partial charge is 0.508 e. The van der Waals surface area contributed by atoms with Crippen LogP contribution in [0.1, 0.15) is 5.56 Å². The Bertz CT molecular complexity index is 497. The zero-order valence-electron chi connectivity index (χ0n) is 10.4. The second kappa shape index (κ2) is 6.07. The molecule has 2 aromatic carbocycles. The lowest BCUT2D eigenvalue weighted by Gasteiger charge is -2.09. The number of likely N-dealkylation sites (N-methyl/N-ethyl adjacent to an activating group) is 1. The van der Waals surface area contributed by atoms with Crippen LogP contribution < -0.4 is 10.1 Å². The van der Waals surface area contributed by atoms with Gasteiger partial charge < -0.3 is 15.2 Å². The van der Waals surface area contributed by atoms with E-state index in [2.05, 4.69) is 5.32 Å². The van der Waals surface area contributed by atoms with Gasteiger partial charge in [0.05, 0.1) is 0 Å². The van der Waals surface area contributed by atoms with Crippen molar-refractivity contribution < 1.29 is 9.84 Å². The molecule has 0 aromatic heterocycles. The van der Waals surface area contributed by atoms with Crippen LogP contribution in [0.4, 0.5) is 0 Å². The first-order chi connectivity index (χ1) is 8.79. The summed E-state index contributed by atoms with van der Waals surface area (Å²) in [7, 11) is 1.89. The molecule has 0 aliphatic heterocycles. The van der Waals surface area contributed by atoms with Crippen LogP contribution in [0.2, 0.25) is 0 Å². The summed E-state index contributed by atoms with van der Waals surface area (Å²) in [6, 6.07) is 14.9. The third-order valence-corrected chi connectivity index (χ3v) is 2.67. The van der Waals surface area contributed by atoms with Gasteiger partial charge in [-0.1, -0.05) is 18.2 Å². The number of benzene rings is 2. The number of hydrogen-bond acceptors (Lipinski definition) is 3. The highest BCUT2D eigenvalue weighted by atomic mass is 16.5. The van der Waals surface area contributed by atoms with Gasteiger partial charge in [0, 0.05) is 0 Å².